The van der Waals surface area contributed by atoms with Crippen LogP contribution in [0.4, 0.5) is 5.69 Å². The second kappa shape index (κ2) is 9.51. The summed E-state index contributed by atoms with van der Waals surface area (Å²) in [6.07, 6.45) is 3.54. The molecule has 1 aliphatic heterocycles. The van der Waals surface area contributed by atoms with Crippen LogP contribution in [0.15, 0.2) is 41.2 Å². The number of anilines is 1. The van der Waals surface area contributed by atoms with Gasteiger partial charge >= 0.3 is 11.8 Å². The molecule has 0 radical (unpaired) electrons. The molecule has 0 bridgehead atoms. The van der Waals surface area contributed by atoms with Crippen LogP contribution >= 0.6 is 11.6 Å². The summed E-state index contributed by atoms with van der Waals surface area (Å²) in [6, 6.07) is 7.39. The summed E-state index contributed by atoms with van der Waals surface area (Å²) >= 11 is 6.67. The van der Waals surface area contributed by atoms with Crippen LogP contribution in [0.25, 0.3) is 16.8 Å². The SMILES string of the molecule is C[C@@H](NC(=O)c1nnc(C(C)(C)C)o1)c1ccc(-c2ncnn3cc(N4CCOCC4)cc23)cc1Cl. The summed E-state index contributed by atoms with van der Waals surface area (Å²) in [5, 5.41) is 15.6. The molecule has 1 aliphatic rings. The molecule has 1 aromatic carbocycles. The molecular formula is C25H28ClN7O3. The van der Waals surface area contributed by atoms with Gasteiger partial charge in [-0.2, -0.15) is 5.10 Å². The highest BCUT2D eigenvalue weighted by atomic mass is 35.5. The standard InChI is InChI=1S/C25H28ClN7O3/c1-15(29-22(34)23-30-31-24(36-23)25(2,3)4)18-6-5-16(11-19(18)26)21-20-12-17(13-33(20)28-14-27-21)32-7-9-35-10-8-32/h5-6,11-15H,7-10H2,1-4H3,(H,29,34)/t15-/m1/s1. The number of nitrogens with one attached hydrogen (secondary N) is 1. The first-order chi connectivity index (χ1) is 17.2. The largest absolute Gasteiger partial charge is 0.416 e. The molecule has 1 atom stereocenters. The van der Waals surface area contributed by atoms with E-state index in [1.165, 1.54) is 6.33 Å². The van der Waals surface area contributed by atoms with Gasteiger partial charge in [0.25, 0.3) is 0 Å². The zero-order valence-corrected chi connectivity index (χ0v) is 21.4. The van der Waals surface area contributed by atoms with Gasteiger partial charge in [-0.3, -0.25) is 4.79 Å². The van der Waals surface area contributed by atoms with E-state index in [2.05, 4.69) is 36.6 Å². The monoisotopic (exact) mass is 509 g/mol. The minimum atomic E-state index is -0.452. The maximum Gasteiger partial charge on any atom is 0.309 e. The van der Waals surface area contributed by atoms with Crippen LogP contribution in [-0.4, -0.2) is 57.0 Å². The molecule has 0 saturated carbocycles. The van der Waals surface area contributed by atoms with Gasteiger partial charge in [-0.1, -0.05) is 44.5 Å². The lowest BCUT2D eigenvalue weighted by molar-refractivity contribution is 0.0901. The van der Waals surface area contributed by atoms with E-state index in [9.17, 15) is 4.79 Å². The summed E-state index contributed by atoms with van der Waals surface area (Å²) in [7, 11) is 0. The number of ether oxygens (including phenoxy) is 1. The second-order valence-corrected chi connectivity index (χ2v) is 10.2. The number of carbonyl (C=O) groups excluding carboxylic acids is 1. The van der Waals surface area contributed by atoms with Gasteiger partial charge in [0.15, 0.2) is 0 Å². The van der Waals surface area contributed by atoms with E-state index in [1.807, 2.05) is 56.6 Å². The third-order valence-corrected chi connectivity index (χ3v) is 6.44. The maximum absolute atomic E-state index is 12.7. The van der Waals surface area contributed by atoms with Crippen molar-refractivity contribution in [3.05, 3.63) is 59.2 Å². The Hall–Kier alpha value is -3.50. The Labute approximate surface area is 213 Å². The predicted octanol–water partition coefficient (Wildman–Crippen LogP) is 4.06. The molecule has 4 aromatic rings. The summed E-state index contributed by atoms with van der Waals surface area (Å²) in [4.78, 5) is 19.5. The van der Waals surface area contributed by atoms with Gasteiger partial charge in [0.05, 0.1) is 42.4 Å². The van der Waals surface area contributed by atoms with Gasteiger partial charge in [-0.15, -0.1) is 10.2 Å². The fraction of sp³-hybridized carbons (Fsp3) is 0.400. The Balaban J connectivity index is 1.36. The van der Waals surface area contributed by atoms with Gasteiger partial charge in [0.1, 0.15) is 6.33 Å². The number of amides is 1. The van der Waals surface area contributed by atoms with E-state index in [0.29, 0.717) is 24.1 Å². The smallest absolute Gasteiger partial charge is 0.309 e. The van der Waals surface area contributed by atoms with Crippen LogP contribution in [-0.2, 0) is 10.2 Å². The van der Waals surface area contributed by atoms with Gasteiger partial charge in [-0.05, 0) is 24.6 Å². The van der Waals surface area contributed by atoms with Gasteiger partial charge < -0.3 is 19.4 Å². The number of benzene rings is 1. The van der Waals surface area contributed by atoms with Crippen LogP contribution < -0.4 is 10.2 Å². The number of morpholine rings is 1. The molecule has 5 rings (SSSR count). The Morgan fingerprint density at radius 2 is 1.94 bits per heavy atom. The Bertz CT molecular complexity index is 1400. The van der Waals surface area contributed by atoms with Crippen molar-refractivity contribution < 1.29 is 13.9 Å². The molecule has 3 aromatic heterocycles. The molecule has 0 aliphatic carbocycles. The quantitative estimate of drug-likeness (QED) is 0.429. The second-order valence-electron chi connectivity index (χ2n) is 9.83. The minimum Gasteiger partial charge on any atom is -0.416 e. The Morgan fingerprint density at radius 1 is 1.17 bits per heavy atom. The number of fused-ring (bicyclic) bond motifs is 1. The van der Waals surface area contributed by atoms with Crippen molar-refractivity contribution in [3.63, 3.8) is 0 Å². The van der Waals surface area contributed by atoms with Crippen LogP contribution in [0.3, 0.4) is 0 Å². The molecule has 11 heteroatoms. The van der Waals surface area contributed by atoms with Gasteiger partial charge in [0, 0.05) is 29.1 Å². The molecule has 10 nitrogen and oxygen atoms in total. The normalized spacial score (nSPS) is 15.3. The van der Waals surface area contributed by atoms with E-state index in [4.69, 9.17) is 20.8 Å². The molecule has 1 amide bonds. The lowest BCUT2D eigenvalue weighted by Gasteiger charge is -2.27. The fourth-order valence-electron chi connectivity index (χ4n) is 4.11. The number of hydrogen-bond donors (Lipinski definition) is 1. The van der Waals surface area contributed by atoms with Crippen molar-refractivity contribution in [1.82, 2.24) is 30.1 Å². The highest BCUT2D eigenvalue weighted by Crippen LogP contribution is 2.32. The first kappa shape index (κ1) is 24.2. The third-order valence-electron chi connectivity index (χ3n) is 6.12. The number of rotatable bonds is 5. The molecule has 1 N–H and O–H groups in total. The van der Waals surface area contributed by atoms with E-state index in [1.54, 1.807) is 0 Å². The number of hydrogen-bond acceptors (Lipinski definition) is 8. The van der Waals surface area contributed by atoms with Crippen LogP contribution in [0.2, 0.25) is 5.02 Å². The summed E-state index contributed by atoms with van der Waals surface area (Å²) in [5.41, 5.74) is 4.01. The average Bonchev–Trinajstić information content (AvgIpc) is 3.52. The fourth-order valence-corrected chi connectivity index (χ4v) is 4.46. The Morgan fingerprint density at radius 3 is 2.64 bits per heavy atom. The Kier molecular flexibility index (Phi) is 6.40. The van der Waals surface area contributed by atoms with Crippen LogP contribution in [0.5, 0.6) is 0 Å². The number of halogens is 1. The third kappa shape index (κ3) is 4.78. The number of carbonyl (C=O) groups is 1. The van der Waals surface area contributed by atoms with Crippen molar-refractivity contribution in [2.75, 3.05) is 31.2 Å². The maximum atomic E-state index is 12.7. The molecule has 4 heterocycles. The van der Waals surface area contributed by atoms with Gasteiger partial charge in [-0.25, -0.2) is 9.50 Å². The molecule has 0 unspecified atom stereocenters. The zero-order chi connectivity index (χ0) is 25.4. The van der Waals surface area contributed by atoms with E-state index in [0.717, 1.165) is 41.1 Å². The summed E-state index contributed by atoms with van der Waals surface area (Å²) in [6.45, 7) is 10.8. The number of aromatic nitrogens is 5. The number of nitrogens with zero attached hydrogens (tertiary/aromatic N) is 6. The van der Waals surface area contributed by atoms with Crippen molar-refractivity contribution in [3.8, 4) is 11.3 Å². The highest BCUT2D eigenvalue weighted by Gasteiger charge is 2.25. The lowest BCUT2D eigenvalue weighted by atomic mass is 9.97. The lowest BCUT2D eigenvalue weighted by Crippen LogP contribution is -2.35. The molecule has 188 valence electrons. The first-order valence-electron chi connectivity index (χ1n) is 11.8. The minimum absolute atomic E-state index is 0.0767. The highest BCUT2D eigenvalue weighted by molar-refractivity contribution is 6.31. The zero-order valence-electron chi connectivity index (χ0n) is 20.7. The predicted molar refractivity (Wildman–Crippen MR) is 135 cm³/mol. The molecule has 1 fully saturated rings. The van der Waals surface area contributed by atoms with E-state index < -0.39 is 5.91 Å². The van der Waals surface area contributed by atoms with E-state index in [-0.39, 0.29) is 17.3 Å². The average molecular weight is 510 g/mol. The van der Waals surface area contributed by atoms with Crippen LogP contribution in [0, 0.1) is 0 Å². The van der Waals surface area contributed by atoms with E-state index >= 15 is 0 Å². The molecule has 0 spiro atoms. The summed E-state index contributed by atoms with van der Waals surface area (Å²) in [5.74, 6) is -0.125. The van der Waals surface area contributed by atoms with Crippen molar-refractivity contribution in [1.29, 1.82) is 0 Å². The van der Waals surface area contributed by atoms with Gasteiger partial charge in [0.2, 0.25) is 5.89 Å². The summed E-state index contributed by atoms with van der Waals surface area (Å²) < 4.78 is 12.8. The molecular weight excluding hydrogens is 482 g/mol. The topological polar surface area (TPSA) is 111 Å². The first-order valence-corrected chi connectivity index (χ1v) is 12.2. The molecule has 36 heavy (non-hydrogen) atoms. The van der Waals surface area contributed by atoms with Crippen molar-refractivity contribution >= 4 is 28.7 Å². The van der Waals surface area contributed by atoms with Crippen molar-refractivity contribution in [2.45, 2.75) is 39.2 Å². The molecule has 1 saturated heterocycles. The van der Waals surface area contributed by atoms with Crippen LogP contribution in [0.1, 0.15) is 55.9 Å². The van der Waals surface area contributed by atoms with Crippen molar-refractivity contribution in [2.24, 2.45) is 0 Å².